The standard InChI is InChI=1S/C20H20F6N2O2/c1-11(12-7-5-4-6-8-12)28-13-9-17(2,3)10-14(29)15(13)18(19(21,22)23,20(24,25)26)27-16(28)30/h4-8,11H,9-10H2,1-3H3,(H,27,30). The monoisotopic (exact) mass is 434 g/mol. The highest BCUT2D eigenvalue weighted by atomic mass is 19.4. The van der Waals surface area contributed by atoms with E-state index in [9.17, 15) is 35.9 Å². The number of allylic oxidation sites excluding steroid dienone is 1. The average Bonchev–Trinajstić information content (AvgIpc) is 2.58. The predicted molar refractivity (Wildman–Crippen MR) is 95.1 cm³/mol. The lowest BCUT2D eigenvalue weighted by atomic mass is 9.68. The van der Waals surface area contributed by atoms with Crippen LogP contribution in [-0.2, 0) is 4.79 Å². The smallest absolute Gasteiger partial charge is 0.312 e. The molecule has 164 valence electrons. The zero-order valence-electron chi connectivity index (χ0n) is 16.4. The maximum absolute atomic E-state index is 13.9. The number of halogens is 6. The zero-order chi connectivity index (χ0) is 22.7. The van der Waals surface area contributed by atoms with Crippen LogP contribution in [0.5, 0.6) is 0 Å². The van der Waals surface area contributed by atoms with Gasteiger partial charge in [-0.05, 0) is 24.3 Å². The van der Waals surface area contributed by atoms with Crippen LogP contribution in [0, 0.1) is 5.41 Å². The van der Waals surface area contributed by atoms with Crippen LogP contribution in [-0.4, -0.2) is 34.6 Å². The molecule has 0 saturated carbocycles. The summed E-state index contributed by atoms with van der Waals surface area (Å²) in [7, 11) is 0. The normalized spacial score (nSPS) is 22.5. The average molecular weight is 434 g/mol. The van der Waals surface area contributed by atoms with Crippen LogP contribution in [0.25, 0.3) is 0 Å². The van der Waals surface area contributed by atoms with E-state index in [4.69, 9.17) is 0 Å². The van der Waals surface area contributed by atoms with E-state index in [-0.39, 0.29) is 6.42 Å². The minimum atomic E-state index is -5.96. The Morgan fingerprint density at radius 2 is 1.50 bits per heavy atom. The third-order valence-corrected chi connectivity index (χ3v) is 5.55. The summed E-state index contributed by atoms with van der Waals surface area (Å²) in [5.74, 6) is -1.28. The molecule has 1 atom stereocenters. The van der Waals surface area contributed by atoms with Crippen molar-refractivity contribution < 1.29 is 35.9 Å². The molecule has 0 spiro atoms. The van der Waals surface area contributed by atoms with E-state index >= 15 is 0 Å². The van der Waals surface area contributed by atoms with E-state index in [1.165, 1.54) is 6.92 Å². The van der Waals surface area contributed by atoms with Gasteiger partial charge in [-0.3, -0.25) is 9.69 Å². The SMILES string of the molecule is CC(c1ccccc1)N1C(=O)NC(C(F)(F)F)(C(F)(F)F)C2=C1CC(C)(C)CC2=O. The Labute approximate surface area is 168 Å². The number of Topliss-reactive ketones (excluding diaryl/α,β-unsaturated/α-hetero) is 1. The van der Waals surface area contributed by atoms with Crippen molar-refractivity contribution in [3.05, 3.63) is 47.2 Å². The molecule has 1 aliphatic heterocycles. The Morgan fingerprint density at radius 3 is 2.00 bits per heavy atom. The first-order valence-corrected chi connectivity index (χ1v) is 9.19. The van der Waals surface area contributed by atoms with Gasteiger partial charge in [-0.25, -0.2) is 4.79 Å². The summed E-state index contributed by atoms with van der Waals surface area (Å²) < 4.78 is 83.5. The summed E-state index contributed by atoms with van der Waals surface area (Å²) in [6, 6.07) is 5.71. The summed E-state index contributed by atoms with van der Waals surface area (Å²) in [4.78, 5) is 26.3. The topological polar surface area (TPSA) is 49.4 Å². The second-order valence-corrected chi connectivity index (χ2v) is 8.39. The first-order valence-electron chi connectivity index (χ1n) is 9.19. The fourth-order valence-electron chi connectivity index (χ4n) is 4.20. The maximum atomic E-state index is 13.9. The lowest BCUT2D eigenvalue weighted by molar-refractivity contribution is -0.292. The van der Waals surface area contributed by atoms with Crippen molar-refractivity contribution in [2.75, 3.05) is 0 Å². The Hall–Kier alpha value is -2.52. The minimum absolute atomic E-state index is 0.285. The van der Waals surface area contributed by atoms with E-state index < -0.39 is 58.9 Å². The molecule has 0 saturated heterocycles. The molecule has 3 rings (SSSR count). The molecule has 0 fully saturated rings. The fourth-order valence-corrected chi connectivity index (χ4v) is 4.20. The van der Waals surface area contributed by atoms with Gasteiger partial charge in [-0.2, -0.15) is 26.3 Å². The number of rotatable bonds is 2. The van der Waals surface area contributed by atoms with Crippen molar-refractivity contribution in [3.8, 4) is 0 Å². The number of carbonyl (C=O) groups is 2. The van der Waals surface area contributed by atoms with Gasteiger partial charge in [-0.1, -0.05) is 44.2 Å². The lowest BCUT2D eigenvalue weighted by Crippen LogP contribution is -2.74. The van der Waals surface area contributed by atoms with Crippen LogP contribution in [0.1, 0.15) is 45.2 Å². The molecule has 2 aliphatic rings. The molecule has 1 unspecified atom stereocenters. The Balaban J connectivity index is 2.33. The third kappa shape index (κ3) is 3.26. The van der Waals surface area contributed by atoms with Crippen LogP contribution in [0.2, 0.25) is 0 Å². The number of hydrogen-bond acceptors (Lipinski definition) is 2. The van der Waals surface area contributed by atoms with Gasteiger partial charge in [0, 0.05) is 12.1 Å². The molecular weight excluding hydrogens is 414 g/mol. The van der Waals surface area contributed by atoms with Gasteiger partial charge in [0.25, 0.3) is 5.54 Å². The predicted octanol–water partition coefficient (Wildman–Crippen LogP) is 5.28. The fraction of sp³-hybridized carbons (Fsp3) is 0.500. The number of urea groups is 1. The van der Waals surface area contributed by atoms with Gasteiger partial charge in [-0.15, -0.1) is 0 Å². The molecule has 2 amide bonds. The Morgan fingerprint density at radius 1 is 0.967 bits per heavy atom. The molecule has 1 aliphatic carbocycles. The van der Waals surface area contributed by atoms with Crippen LogP contribution in [0.4, 0.5) is 31.1 Å². The number of nitrogens with zero attached hydrogens (tertiary/aromatic N) is 1. The van der Waals surface area contributed by atoms with Gasteiger partial charge in [0.2, 0.25) is 0 Å². The van der Waals surface area contributed by atoms with Gasteiger partial charge < -0.3 is 5.32 Å². The van der Waals surface area contributed by atoms with E-state index in [0.717, 1.165) is 10.2 Å². The summed E-state index contributed by atoms with van der Waals surface area (Å²) in [6.45, 7) is 4.62. The first-order chi connectivity index (χ1) is 13.6. The molecule has 0 bridgehead atoms. The van der Waals surface area contributed by atoms with Crippen molar-refractivity contribution in [3.63, 3.8) is 0 Å². The van der Waals surface area contributed by atoms with Crippen molar-refractivity contribution >= 4 is 11.8 Å². The maximum Gasteiger partial charge on any atom is 0.425 e. The number of alkyl halides is 6. The number of nitrogens with one attached hydrogen (secondary N) is 1. The second-order valence-electron chi connectivity index (χ2n) is 8.39. The van der Waals surface area contributed by atoms with Crippen LogP contribution < -0.4 is 5.32 Å². The van der Waals surface area contributed by atoms with E-state index in [1.54, 1.807) is 44.2 Å². The highest BCUT2D eigenvalue weighted by Gasteiger charge is 2.77. The van der Waals surface area contributed by atoms with Crippen LogP contribution in [0.15, 0.2) is 41.6 Å². The summed E-state index contributed by atoms with van der Waals surface area (Å²) in [5.41, 5.74) is -7.13. The quantitative estimate of drug-likeness (QED) is 0.644. The van der Waals surface area contributed by atoms with Gasteiger partial charge in [0.1, 0.15) is 0 Å². The number of hydrogen-bond donors (Lipinski definition) is 1. The van der Waals surface area contributed by atoms with Gasteiger partial charge in [0.15, 0.2) is 5.78 Å². The number of amides is 2. The number of carbonyl (C=O) groups excluding carboxylic acids is 2. The zero-order valence-corrected chi connectivity index (χ0v) is 16.4. The van der Waals surface area contributed by atoms with Crippen molar-refractivity contribution in [2.24, 2.45) is 5.41 Å². The molecule has 10 heteroatoms. The van der Waals surface area contributed by atoms with E-state index in [1.807, 2.05) is 0 Å². The molecule has 30 heavy (non-hydrogen) atoms. The lowest BCUT2D eigenvalue weighted by Gasteiger charge is -2.50. The van der Waals surface area contributed by atoms with Crippen molar-refractivity contribution in [1.29, 1.82) is 0 Å². The second kappa shape index (κ2) is 6.75. The summed E-state index contributed by atoms with van der Waals surface area (Å²) >= 11 is 0. The van der Waals surface area contributed by atoms with Gasteiger partial charge in [0.05, 0.1) is 11.6 Å². The summed E-state index contributed by atoms with van der Waals surface area (Å²) in [6.07, 6.45) is -12.7. The van der Waals surface area contributed by atoms with Crippen molar-refractivity contribution in [1.82, 2.24) is 10.2 Å². The molecular formula is C20H20F6N2O2. The van der Waals surface area contributed by atoms with Crippen molar-refractivity contribution in [2.45, 2.75) is 57.5 Å². The number of benzene rings is 1. The minimum Gasteiger partial charge on any atom is -0.312 e. The number of ketones is 1. The molecule has 1 N–H and O–H groups in total. The van der Waals surface area contributed by atoms with Gasteiger partial charge >= 0.3 is 18.4 Å². The first kappa shape index (κ1) is 22.2. The summed E-state index contributed by atoms with van der Waals surface area (Å²) in [5, 5.41) is 1.13. The van der Waals surface area contributed by atoms with E-state index in [2.05, 4.69) is 0 Å². The molecule has 1 aromatic rings. The highest BCUT2D eigenvalue weighted by molar-refractivity contribution is 6.03. The molecule has 0 aromatic heterocycles. The molecule has 4 nitrogen and oxygen atoms in total. The third-order valence-electron chi connectivity index (χ3n) is 5.55. The Kier molecular flexibility index (Phi) is 4.99. The highest BCUT2D eigenvalue weighted by Crippen LogP contribution is 2.55. The molecule has 1 aromatic carbocycles. The van der Waals surface area contributed by atoms with Crippen LogP contribution in [0.3, 0.4) is 0 Å². The molecule has 1 heterocycles. The van der Waals surface area contributed by atoms with Crippen LogP contribution >= 0.6 is 0 Å². The Bertz CT molecular complexity index is 888. The van der Waals surface area contributed by atoms with E-state index in [0.29, 0.717) is 5.56 Å². The molecule has 0 radical (unpaired) electrons. The largest absolute Gasteiger partial charge is 0.425 e.